The van der Waals surface area contributed by atoms with E-state index in [0.29, 0.717) is 6.42 Å². The Balaban J connectivity index is 2.07. The third kappa shape index (κ3) is 2.93. The maximum absolute atomic E-state index is 13.9. The molecular formula is C14H16FNO3. The average Bonchev–Trinajstić information content (AvgIpc) is 2.86. The number of hydrogen-bond donors (Lipinski definition) is 2. The Bertz CT molecular complexity index is 501. The van der Waals surface area contributed by atoms with Crippen molar-refractivity contribution < 1.29 is 19.0 Å². The Morgan fingerprint density at radius 1 is 1.53 bits per heavy atom. The molecule has 19 heavy (non-hydrogen) atoms. The molecule has 1 aliphatic rings. The van der Waals surface area contributed by atoms with Gasteiger partial charge in [0.25, 0.3) is 5.91 Å². The van der Waals surface area contributed by atoms with Crippen LogP contribution < -0.4 is 10.1 Å². The van der Waals surface area contributed by atoms with Crippen LogP contribution in [0.2, 0.25) is 0 Å². The lowest BCUT2D eigenvalue weighted by Crippen LogP contribution is -2.33. The molecule has 0 fully saturated rings. The Hall–Kier alpha value is -1.88. The third-order valence-corrected chi connectivity index (χ3v) is 3.15. The summed E-state index contributed by atoms with van der Waals surface area (Å²) < 4.78 is 18.7. The van der Waals surface area contributed by atoms with Gasteiger partial charge in [0.2, 0.25) is 0 Å². The number of nitrogens with one attached hydrogen (secondary N) is 1. The van der Waals surface area contributed by atoms with Crippen LogP contribution in [0, 0.1) is 11.7 Å². The van der Waals surface area contributed by atoms with Gasteiger partial charge in [0.05, 0.1) is 12.7 Å². The molecule has 102 valence electrons. The van der Waals surface area contributed by atoms with E-state index >= 15 is 0 Å². The van der Waals surface area contributed by atoms with Crippen molar-refractivity contribution in [1.29, 1.82) is 0 Å². The summed E-state index contributed by atoms with van der Waals surface area (Å²) in [6.45, 7) is 0.0520. The van der Waals surface area contributed by atoms with Gasteiger partial charge >= 0.3 is 0 Å². The molecule has 1 amide bonds. The van der Waals surface area contributed by atoms with E-state index in [9.17, 15) is 9.18 Å². The highest BCUT2D eigenvalue weighted by molar-refractivity contribution is 5.95. The van der Waals surface area contributed by atoms with Crippen molar-refractivity contribution in [2.45, 2.75) is 12.5 Å². The molecule has 4 nitrogen and oxygen atoms in total. The minimum Gasteiger partial charge on any atom is -0.494 e. The van der Waals surface area contributed by atoms with Crippen molar-refractivity contribution in [3.05, 3.63) is 41.7 Å². The molecule has 0 unspecified atom stereocenters. The van der Waals surface area contributed by atoms with E-state index in [0.717, 1.165) is 0 Å². The summed E-state index contributed by atoms with van der Waals surface area (Å²) in [5, 5.41) is 11.7. The molecule has 0 aliphatic heterocycles. The van der Waals surface area contributed by atoms with Crippen molar-refractivity contribution in [3.8, 4) is 5.75 Å². The molecule has 0 saturated carbocycles. The highest BCUT2D eigenvalue weighted by Crippen LogP contribution is 2.21. The second-order valence-electron chi connectivity index (χ2n) is 4.47. The van der Waals surface area contributed by atoms with Crippen molar-refractivity contribution in [1.82, 2.24) is 5.32 Å². The number of rotatable bonds is 4. The van der Waals surface area contributed by atoms with Crippen LogP contribution in [0.1, 0.15) is 16.8 Å². The molecule has 2 rings (SSSR count). The van der Waals surface area contributed by atoms with Gasteiger partial charge < -0.3 is 15.2 Å². The van der Waals surface area contributed by atoms with E-state index < -0.39 is 11.7 Å². The van der Waals surface area contributed by atoms with Gasteiger partial charge in [-0.3, -0.25) is 4.79 Å². The van der Waals surface area contributed by atoms with Crippen LogP contribution in [-0.4, -0.2) is 30.8 Å². The minimum absolute atomic E-state index is 0.0415. The van der Waals surface area contributed by atoms with Crippen LogP contribution >= 0.6 is 0 Å². The maximum Gasteiger partial charge on any atom is 0.254 e. The van der Waals surface area contributed by atoms with Gasteiger partial charge in [-0.2, -0.15) is 0 Å². The quantitative estimate of drug-likeness (QED) is 0.811. The first-order valence-corrected chi connectivity index (χ1v) is 6.08. The third-order valence-electron chi connectivity index (χ3n) is 3.15. The largest absolute Gasteiger partial charge is 0.494 e. The van der Waals surface area contributed by atoms with Crippen LogP contribution in [0.5, 0.6) is 5.75 Å². The Labute approximate surface area is 110 Å². The molecule has 2 atom stereocenters. The predicted octanol–water partition coefficient (Wildman–Crippen LogP) is 1.50. The molecular weight excluding hydrogens is 249 g/mol. The number of carbonyl (C=O) groups is 1. The molecule has 5 heteroatoms. The zero-order valence-electron chi connectivity index (χ0n) is 10.6. The lowest BCUT2D eigenvalue weighted by molar-refractivity contribution is 0.0936. The lowest BCUT2D eigenvalue weighted by atomic mass is 10.1. The maximum atomic E-state index is 13.9. The molecule has 1 aromatic carbocycles. The average molecular weight is 265 g/mol. The van der Waals surface area contributed by atoms with Crippen LogP contribution in [0.25, 0.3) is 0 Å². The smallest absolute Gasteiger partial charge is 0.254 e. The summed E-state index contributed by atoms with van der Waals surface area (Å²) in [6, 6.07) is 4.27. The lowest BCUT2D eigenvalue weighted by Gasteiger charge is -2.13. The van der Waals surface area contributed by atoms with Crippen molar-refractivity contribution >= 4 is 5.91 Å². The second-order valence-corrected chi connectivity index (χ2v) is 4.47. The number of aliphatic hydroxyl groups is 1. The van der Waals surface area contributed by atoms with E-state index in [2.05, 4.69) is 5.32 Å². The molecule has 0 radical (unpaired) electrons. The summed E-state index contributed by atoms with van der Waals surface area (Å²) in [4.78, 5) is 12.0. The van der Waals surface area contributed by atoms with Gasteiger partial charge in [0.1, 0.15) is 0 Å². The van der Waals surface area contributed by atoms with Gasteiger partial charge in [-0.1, -0.05) is 18.2 Å². The second kappa shape index (κ2) is 5.84. The number of hydrogen-bond acceptors (Lipinski definition) is 3. The van der Waals surface area contributed by atoms with E-state index in [1.807, 2.05) is 12.2 Å². The number of aliphatic hydroxyl groups excluding tert-OH is 1. The number of carbonyl (C=O) groups excluding carboxylic acids is 1. The van der Waals surface area contributed by atoms with Gasteiger partial charge in [-0.05, 0) is 18.6 Å². The van der Waals surface area contributed by atoms with E-state index in [-0.39, 0.29) is 29.9 Å². The van der Waals surface area contributed by atoms with Gasteiger partial charge in [-0.25, -0.2) is 4.39 Å². The highest BCUT2D eigenvalue weighted by Gasteiger charge is 2.22. The highest BCUT2D eigenvalue weighted by atomic mass is 19.1. The van der Waals surface area contributed by atoms with Crippen molar-refractivity contribution in [3.63, 3.8) is 0 Å². The fourth-order valence-corrected chi connectivity index (χ4v) is 2.11. The van der Waals surface area contributed by atoms with E-state index in [4.69, 9.17) is 9.84 Å². The van der Waals surface area contributed by atoms with Crippen LogP contribution in [0.4, 0.5) is 4.39 Å². The summed E-state index contributed by atoms with van der Waals surface area (Å²) in [5.74, 6) is -1.05. The Morgan fingerprint density at radius 2 is 2.32 bits per heavy atom. The summed E-state index contributed by atoms with van der Waals surface area (Å²) in [5.41, 5.74) is -0.0415. The molecule has 0 bridgehead atoms. The normalized spacial score (nSPS) is 21.4. The first-order chi connectivity index (χ1) is 9.15. The predicted molar refractivity (Wildman–Crippen MR) is 68.5 cm³/mol. The van der Waals surface area contributed by atoms with Crippen LogP contribution in [0.15, 0.2) is 30.4 Å². The van der Waals surface area contributed by atoms with Gasteiger partial charge in [-0.15, -0.1) is 0 Å². The molecule has 0 spiro atoms. The molecule has 0 heterocycles. The number of ether oxygens (including phenoxy) is 1. The Kier molecular flexibility index (Phi) is 4.16. The van der Waals surface area contributed by atoms with E-state index in [1.165, 1.54) is 19.2 Å². The first-order valence-electron chi connectivity index (χ1n) is 6.08. The fourth-order valence-electron chi connectivity index (χ4n) is 2.11. The van der Waals surface area contributed by atoms with Crippen LogP contribution in [0.3, 0.4) is 0 Å². The fraction of sp³-hybridized carbons (Fsp3) is 0.357. The Morgan fingerprint density at radius 3 is 2.95 bits per heavy atom. The van der Waals surface area contributed by atoms with Crippen molar-refractivity contribution in [2.24, 2.45) is 5.92 Å². The van der Waals surface area contributed by atoms with Crippen LogP contribution in [-0.2, 0) is 0 Å². The van der Waals surface area contributed by atoms with E-state index in [1.54, 1.807) is 6.07 Å². The topological polar surface area (TPSA) is 58.6 Å². The SMILES string of the molecule is COc1cccc(C(=O)N[C@@H]2C=C[C@H](CO)C2)c1F. The summed E-state index contributed by atoms with van der Waals surface area (Å²) in [6.07, 6.45) is 4.30. The number of halogens is 1. The summed E-state index contributed by atoms with van der Waals surface area (Å²) in [7, 11) is 1.35. The molecule has 0 saturated heterocycles. The molecule has 0 aromatic heterocycles. The summed E-state index contributed by atoms with van der Waals surface area (Å²) >= 11 is 0. The van der Waals surface area contributed by atoms with Gasteiger partial charge in [0, 0.05) is 18.6 Å². The molecule has 1 aromatic rings. The standard InChI is InChI=1S/C14H16FNO3/c1-19-12-4-2-3-11(13(12)15)14(18)16-10-6-5-9(7-10)8-17/h2-6,9-10,17H,7-8H2,1H3,(H,16,18)/t9-,10+/m0/s1. The minimum atomic E-state index is -0.664. The zero-order chi connectivity index (χ0) is 13.8. The van der Waals surface area contributed by atoms with Crippen molar-refractivity contribution in [2.75, 3.05) is 13.7 Å². The number of methoxy groups -OCH3 is 1. The first kappa shape index (κ1) is 13.5. The molecule has 2 N–H and O–H groups in total. The monoisotopic (exact) mass is 265 g/mol. The zero-order valence-corrected chi connectivity index (χ0v) is 10.6. The van der Waals surface area contributed by atoms with Gasteiger partial charge in [0.15, 0.2) is 11.6 Å². The molecule has 1 aliphatic carbocycles. The number of amides is 1. The number of benzene rings is 1.